The van der Waals surface area contributed by atoms with Crippen LogP contribution < -0.4 is 15.4 Å². The molecule has 128 valence electrons. The number of aromatic nitrogens is 1. The van der Waals surface area contributed by atoms with Crippen LogP contribution >= 0.6 is 0 Å². The summed E-state index contributed by atoms with van der Waals surface area (Å²) in [5, 5.41) is 6.46. The van der Waals surface area contributed by atoms with E-state index in [1.807, 2.05) is 19.1 Å². The van der Waals surface area contributed by atoms with E-state index in [2.05, 4.69) is 20.6 Å². The molecule has 1 aliphatic carbocycles. The molecular weight excluding hydrogens is 292 g/mol. The predicted octanol–water partition coefficient (Wildman–Crippen LogP) is 2.10. The molecule has 2 rings (SSSR count). The number of pyridine rings is 1. The second-order valence-electron chi connectivity index (χ2n) is 5.61. The van der Waals surface area contributed by atoms with Gasteiger partial charge in [-0.3, -0.25) is 0 Å². The van der Waals surface area contributed by atoms with Crippen LogP contribution in [-0.2, 0) is 11.3 Å². The summed E-state index contributed by atoms with van der Waals surface area (Å²) in [7, 11) is 1.69. The number of nitrogens with one attached hydrogen (secondary N) is 2. The molecule has 0 spiro atoms. The first-order valence-corrected chi connectivity index (χ1v) is 8.45. The minimum atomic E-state index is 0.306. The molecule has 0 aromatic carbocycles. The van der Waals surface area contributed by atoms with E-state index in [0.717, 1.165) is 43.3 Å². The zero-order valence-electron chi connectivity index (χ0n) is 14.2. The maximum atomic E-state index is 6.06. The SMILES string of the molecule is CCNC(=NCc1cccnc1OC1CCCC1)NCCOC. The van der Waals surface area contributed by atoms with Crippen molar-refractivity contribution in [2.24, 2.45) is 4.99 Å². The van der Waals surface area contributed by atoms with Crippen molar-refractivity contribution in [2.45, 2.75) is 45.3 Å². The van der Waals surface area contributed by atoms with E-state index in [0.29, 0.717) is 19.3 Å². The largest absolute Gasteiger partial charge is 0.474 e. The summed E-state index contributed by atoms with van der Waals surface area (Å²) in [6, 6.07) is 3.96. The fraction of sp³-hybridized carbons (Fsp3) is 0.647. The van der Waals surface area contributed by atoms with Crippen molar-refractivity contribution in [3.05, 3.63) is 23.9 Å². The molecule has 2 N–H and O–H groups in total. The quantitative estimate of drug-likeness (QED) is 0.436. The molecule has 0 radical (unpaired) electrons. The predicted molar refractivity (Wildman–Crippen MR) is 91.8 cm³/mol. The van der Waals surface area contributed by atoms with Crippen LogP contribution in [-0.4, -0.2) is 43.9 Å². The topological polar surface area (TPSA) is 67.8 Å². The van der Waals surface area contributed by atoms with E-state index in [4.69, 9.17) is 9.47 Å². The highest BCUT2D eigenvalue weighted by molar-refractivity contribution is 5.79. The molecule has 0 atom stereocenters. The number of rotatable bonds is 8. The minimum Gasteiger partial charge on any atom is -0.474 e. The Morgan fingerprint density at radius 1 is 1.35 bits per heavy atom. The highest BCUT2D eigenvalue weighted by Gasteiger charge is 2.18. The number of methoxy groups -OCH3 is 1. The lowest BCUT2D eigenvalue weighted by Gasteiger charge is -2.15. The number of hydrogen-bond donors (Lipinski definition) is 2. The zero-order chi connectivity index (χ0) is 16.3. The summed E-state index contributed by atoms with van der Waals surface area (Å²) in [5.74, 6) is 1.50. The molecule has 1 aromatic heterocycles. The van der Waals surface area contributed by atoms with Crippen molar-refractivity contribution in [3.63, 3.8) is 0 Å². The van der Waals surface area contributed by atoms with Gasteiger partial charge in [0.15, 0.2) is 5.96 Å². The van der Waals surface area contributed by atoms with Gasteiger partial charge in [0.2, 0.25) is 5.88 Å². The van der Waals surface area contributed by atoms with Crippen molar-refractivity contribution in [2.75, 3.05) is 26.8 Å². The molecular formula is C17H28N4O2. The van der Waals surface area contributed by atoms with E-state index in [-0.39, 0.29) is 0 Å². The number of nitrogens with zero attached hydrogens (tertiary/aromatic N) is 2. The van der Waals surface area contributed by atoms with Crippen molar-refractivity contribution in [1.29, 1.82) is 0 Å². The standard InChI is InChI=1S/C17H28N4O2/c1-3-18-17(20-11-12-22-2)21-13-14-7-6-10-19-16(14)23-15-8-4-5-9-15/h6-7,10,15H,3-5,8-9,11-13H2,1-2H3,(H2,18,20,21). The third kappa shape index (κ3) is 6.06. The normalized spacial score (nSPS) is 15.7. The molecule has 23 heavy (non-hydrogen) atoms. The van der Waals surface area contributed by atoms with E-state index in [9.17, 15) is 0 Å². The minimum absolute atomic E-state index is 0.306. The Morgan fingerprint density at radius 3 is 2.91 bits per heavy atom. The third-order valence-corrected chi connectivity index (χ3v) is 3.78. The average Bonchev–Trinajstić information content (AvgIpc) is 3.07. The van der Waals surface area contributed by atoms with Gasteiger partial charge in [0, 0.05) is 32.0 Å². The van der Waals surface area contributed by atoms with Gasteiger partial charge in [-0.15, -0.1) is 0 Å². The Hall–Kier alpha value is -1.82. The maximum absolute atomic E-state index is 6.06. The molecule has 1 fully saturated rings. The summed E-state index contributed by atoms with van der Waals surface area (Å²) in [6.45, 7) is 4.77. The van der Waals surface area contributed by atoms with E-state index < -0.39 is 0 Å². The van der Waals surface area contributed by atoms with Crippen LogP contribution in [0.3, 0.4) is 0 Å². The Kier molecular flexibility index (Phi) is 7.66. The number of guanidine groups is 1. The summed E-state index contributed by atoms with van der Waals surface area (Å²) >= 11 is 0. The molecule has 1 heterocycles. The van der Waals surface area contributed by atoms with Gasteiger partial charge in [0.25, 0.3) is 0 Å². The van der Waals surface area contributed by atoms with Gasteiger partial charge in [0.05, 0.1) is 13.2 Å². The van der Waals surface area contributed by atoms with Crippen molar-refractivity contribution >= 4 is 5.96 Å². The summed E-state index contributed by atoms with van der Waals surface area (Å²) < 4.78 is 11.1. The summed E-state index contributed by atoms with van der Waals surface area (Å²) in [6.07, 6.45) is 6.83. The van der Waals surface area contributed by atoms with Gasteiger partial charge in [-0.1, -0.05) is 6.07 Å². The lowest BCUT2D eigenvalue weighted by Crippen LogP contribution is -2.38. The second-order valence-corrected chi connectivity index (χ2v) is 5.61. The first kappa shape index (κ1) is 17.5. The van der Waals surface area contributed by atoms with Crippen molar-refractivity contribution in [1.82, 2.24) is 15.6 Å². The van der Waals surface area contributed by atoms with Crippen LogP contribution in [0.4, 0.5) is 0 Å². The van der Waals surface area contributed by atoms with E-state index in [1.165, 1.54) is 12.8 Å². The first-order chi connectivity index (χ1) is 11.3. The van der Waals surface area contributed by atoms with Gasteiger partial charge in [-0.05, 0) is 38.7 Å². The van der Waals surface area contributed by atoms with Crippen LogP contribution in [0.25, 0.3) is 0 Å². The lowest BCUT2D eigenvalue weighted by molar-refractivity contribution is 0.199. The fourth-order valence-corrected chi connectivity index (χ4v) is 2.59. The van der Waals surface area contributed by atoms with Gasteiger partial charge >= 0.3 is 0 Å². The molecule has 0 saturated heterocycles. The van der Waals surface area contributed by atoms with Gasteiger partial charge in [0.1, 0.15) is 6.10 Å². The molecule has 1 saturated carbocycles. The number of aliphatic imine (C=N–C) groups is 1. The van der Waals surface area contributed by atoms with Crippen LogP contribution in [0.1, 0.15) is 38.2 Å². The highest BCUT2D eigenvalue weighted by Crippen LogP contribution is 2.25. The Balaban J connectivity index is 1.97. The van der Waals surface area contributed by atoms with Crippen LogP contribution in [0.15, 0.2) is 23.3 Å². The van der Waals surface area contributed by atoms with Gasteiger partial charge < -0.3 is 20.1 Å². The monoisotopic (exact) mass is 320 g/mol. The van der Waals surface area contributed by atoms with E-state index in [1.54, 1.807) is 13.3 Å². The van der Waals surface area contributed by atoms with Gasteiger partial charge in [-0.2, -0.15) is 0 Å². The molecule has 0 bridgehead atoms. The molecule has 6 heteroatoms. The van der Waals surface area contributed by atoms with Crippen LogP contribution in [0, 0.1) is 0 Å². The molecule has 0 amide bonds. The number of hydrogen-bond acceptors (Lipinski definition) is 4. The third-order valence-electron chi connectivity index (χ3n) is 3.78. The molecule has 1 aliphatic rings. The summed E-state index contributed by atoms with van der Waals surface area (Å²) in [5.41, 5.74) is 1.02. The molecule has 1 aromatic rings. The van der Waals surface area contributed by atoms with Crippen LogP contribution in [0.2, 0.25) is 0 Å². The number of ether oxygens (including phenoxy) is 2. The van der Waals surface area contributed by atoms with Crippen molar-refractivity contribution in [3.8, 4) is 5.88 Å². The van der Waals surface area contributed by atoms with Gasteiger partial charge in [-0.25, -0.2) is 9.98 Å². The molecule has 6 nitrogen and oxygen atoms in total. The van der Waals surface area contributed by atoms with E-state index >= 15 is 0 Å². The Bertz CT molecular complexity index is 487. The maximum Gasteiger partial charge on any atom is 0.218 e. The summed E-state index contributed by atoms with van der Waals surface area (Å²) in [4.78, 5) is 9.00. The molecule has 0 unspecified atom stereocenters. The lowest BCUT2D eigenvalue weighted by atomic mass is 10.2. The molecule has 0 aliphatic heterocycles. The first-order valence-electron chi connectivity index (χ1n) is 8.45. The second kappa shape index (κ2) is 10.0. The smallest absolute Gasteiger partial charge is 0.218 e. The average molecular weight is 320 g/mol. The zero-order valence-corrected chi connectivity index (χ0v) is 14.2. The van der Waals surface area contributed by atoms with Crippen molar-refractivity contribution < 1.29 is 9.47 Å². The van der Waals surface area contributed by atoms with Crippen LogP contribution in [0.5, 0.6) is 5.88 Å². The fourth-order valence-electron chi connectivity index (χ4n) is 2.59. The Labute approximate surface area is 138 Å². The Morgan fingerprint density at radius 2 is 2.17 bits per heavy atom. The highest BCUT2D eigenvalue weighted by atomic mass is 16.5.